The van der Waals surface area contributed by atoms with E-state index in [4.69, 9.17) is 4.98 Å². The van der Waals surface area contributed by atoms with Crippen LogP contribution in [0, 0.1) is 5.92 Å². The Morgan fingerprint density at radius 3 is 2.96 bits per heavy atom. The quantitative estimate of drug-likeness (QED) is 0.695. The van der Waals surface area contributed by atoms with E-state index in [2.05, 4.69) is 23.2 Å². The number of aromatic nitrogens is 2. The van der Waals surface area contributed by atoms with Gasteiger partial charge < -0.3 is 4.90 Å². The highest BCUT2D eigenvalue weighted by molar-refractivity contribution is 7.15. The van der Waals surface area contributed by atoms with Gasteiger partial charge in [-0.2, -0.15) is 0 Å². The lowest BCUT2D eigenvalue weighted by Crippen LogP contribution is -2.37. The predicted molar refractivity (Wildman–Crippen MR) is 103 cm³/mol. The first-order valence-electron chi connectivity index (χ1n) is 9.08. The zero-order chi connectivity index (χ0) is 17.5. The molecule has 1 amide bonds. The Balaban J connectivity index is 1.38. The van der Waals surface area contributed by atoms with Crippen molar-refractivity contribution in [1.29, 1.82) is 0 Å². The molecule has 1 atom stereocenters. The summed E-state index contributed by atoms with van der Waals surface area (Å²) in [5.74, 6) is 0.341. The number of para-hydroxylation sites is 1. The zero-order valence-electron chi connectivity index (χ0n) is 14.4. The molecule has 0 radical (unpaired) electrons. The molecular formula is C21H19N3OS. The summed E-state index contributed by atoms with van der Waals surface area (Å²) < 4.78 is 0. The van der Waals surface area contributed by atoms with Crippen LogP contribution in [0.15, 0.2) is 48.8 Å². The van der Waals surface area contributed by atoms with Crippen LogP contribution in [0.4, 0.5) is 5.69 Å². The van der Waals surface area contributed by atoms with E-state index in [0.29, 0.717) is 0 Å². The molecule has 2 aliphatic rings. The lowest BCUT2D eigenvalue weighted by Gasteiger charge is -2.26. The van der Waals surface area contributed by atoms with Crippen molar-refractivity contribution < 1.29 is 4.79 Å². The van der Waals surface area contributed by atoms with Gasteiger partial charge in [0.05, 0.1) is 5.69 Å². The molecule has 1 aliphatic heterocycles. The molecule has 1 aromatic carbocycles. The lowest BCUT2D eigenvalue weighted by atomic mass is 9.90. The minimum atomic E-state index is 0.0656. The van der Waals surface area contributed by atoms with E-state index in [1.807, 2.05) is 29.3 Å². The number of anilines is 1. The van der Waals surface area contributed by atoms with Crippen molar-refractivity contribution in [3.05, 3.63) is 64.9 Å². The number of fused-ring (bicyclic) bond motifs is 2. The van der Waals surface area contributed by atoms with Gasteiger partial charge in [-0.05, 0) is 49.4 Å². The van der Waals surface area contributed by atoms with Crippen molar-refractivity contribution in [2.75, 3.05) is 11.4 Å². The second-order valence-electron chi connectivity index (χ2n) is 6.94. The van der Waals surface area contributed by atoms with E-state index >= 15 is 0 Å². The molecule has 0 spiro atoms. The fraction of sp³-hybridized carbons (Fsp3) is 0.286. The van der Waals surface area contributed by atoms with Gasteiger partial charge in [0.2, 0.25) is 5.91 Å². The summed E-state index contributed by atoms with van der Waals surface area (Å²) in [7, 11) is 0. The molecule has 3 heterocycles. The molecule has 0 saturated carbocycles. The SMILES string of the molecule is O=C(C1CCc2nc(-c3cccnc3)sc2C1)N1CCc2ccccc21. The zero-order valence-corrected chi connectivity index (χ0v) is 15.2. The maximum atomic E-state index is 13.1. The Morgan fingerprint density at radius 1 is 1.15 bits per heavy atom. The van der Waals surface area contributed by atoms with Gasteiger partial charge in [-0.25, -0.2) is 4.98 Å². The molecule has 5 rings (SSSR count). The molecular weight excluding hydrogens is 342 g/mol. The predicted octanol–water partition coefficient (Wildman–Crippen LogP) is 3.90. The largest absolute Gasteiger partial charge is 0.312 e. The van der Waals surface area contributed by atoms with Gasteiger partial charge in [-0.1, -0.05) is 18.2 Å². The smallest absolute Gasteiger partial charge is 0.230 e. The molecule has 1 unspecified atom stereocenters. The van der Waals surface area contributed by atoms with Crippen molar-refractivity contribution in [1.82, 2.24) is 9.97 Å². The minimum Gasteiger partial charge on any atom is -0.312 e. The van der Waals surface area contributed by atoms with E-state index in [1.54, 1.807) is 17.5 Å². The Bertz CT molecular complexity index is 966. The lowest BCUT2D eigenvalue weighted by molar-refractivity contribution is -0.122. The molecule has 4 nitrogen and oxygen atoms in total. The Morgan fingerprint density at radius 2 is 2.08 bits per heavy atom. The van der Waals surface area contributed by atoms with Crippen molar-refractivity contribution in [2.24, 2.45) is 5.92 Å². The van der Waals surface area contributed by atoms with E-state index in [0.717, 1.165) is 48.5 Å². The molecule has 0 fully saturated rings. The van der Waals surface area contributed by atoms with E-state index in [9.17, 15) is 4.79 Å². The monoisotopic (exact) mass is 361 g/mol. The molecule has 1 aliphatic carbocycles. The summed E-state index contributed by atoms with van der Waals surface area (Å²) in [6.45, 7) is 0.811. The van der Waals surface area contributed by atoms with Gasteiger partial charge >= 0.3 is 0 Å². The standard InChI is InChI=1S/C21H19N3OS/c25-21(24-11-9-14-4-1-2-6-18(14)24)15-7-8-17-19(12-15)26-20(23-17)16-5-3-10-22-13-16/h1-6,10,13,15H,7-9,11-12H2. The van der Waals surface area contributed by atoms with Gasteiger partial charge in [0.15, 0.2) is 0 Å². The Labute approximate surface area is 156 Å². The average molecular weight is 361 g/mol. The molecule has 0 N–H and O–H groups in total. The maximum Gasteiger partial charge on any atom is 0.230 e. The van der Waals surface area contributed by atoms with Crippen LogP contribution in [0.25, 0.3) is 10.6 Å². The summed E-state index contributed by atoms with van der Waals surface area (Å²) in [6, 6.07) is 12.3. The van der Waals surface area contributed by atoms with Gasteiger partial charge in [0.1, 0.15) is 5.01 Å². The number of nitrogens with zero attached hydrogens (tertiary/aromatic N) is 3. The molecule has 3 aromatic rings. The third-order valence-corrected chi connectivity index (χ3v) is 6.52. The molecule has 26 heavy (non-hydrogen) atoms. The number of carbonyl (C=O) groups is 1. The van der Waals surface area contributed by atoms with Crippen molar-refractivity contribution in [2.45, 2.75) is 25.7 Å². The first-order valence-corrected chi connectivity index (χ1v) is 9.89. The highest BCUT2D eigenvalue weighted by atomic mass is 32.1. The summed E-state index contributed by atoms with van der Waals surface area (Å²) in [4.78, 5) is 25.4. The van der Waals surface area contributed by atoms with Crippen LogP contribution in [0.3, 0.4) is 0 Å². The first kappa shape index (κ1) is 15.7. The number of pyridine rings is 1. The maximum absolute atomic E-state index is 13.1. The van der Waals surface area contributed by atoms with Crippen LogP contribution in [-0.2, 0) is 24.1 Å². The molecule has 0 bridgehead atoms. The van der Waals surface area contributed by atoms with E-state index < -0.39 is 0 Å². The highest BCUT2D eigenvalue weighted by Crippen LogP contribution is 2.36. The van der Waals surface area contributed by atoms with Gasteiger partial charge in [-0.15, -0.1) is 11.3 Å². The van der Waals surface area contributed by atoms with Gasteiger partial charge in [0, 0.05) is 41.0 Å². The molecule has 5 heteroatoms. The summed E-state index contributed by atoms with van der Waals surface area (Å²) >= 11 is 1.72. The van der Waals surface area contributed by atoms with Crippen molar-refractivity contribution in [3.63, 3.8) is 0 Å². The van der Waals surface area contributed by atoms with Crippen LogP contribution in [0.2, 0.25) is 0 Å². The normalized spacial score (nSPS) is 18.5. The van der Waals surface area contributed by atoms with Crippen LogP contribution in [0.5, 0.6) is 0 Å². The second kappa shape index (κ2) is 6.32. The number of amides is 1. The van der Waals surface area contributed by atoms with Crippen molar-refractivity contribution >= 4 is 22.9 Å². The first-order chi connectivity index (χ1) is 12.8. The third kappa shape index (κ3) is 2.63. The van der Waals surface area contributed by atoms with Crippen molar-refractivity contribution in [3.8, 4) is 10.6 Å². The number of thiazole rings is 1. The minimum absolute atomic E-state index is 0.0656. The van der Waals surface area contributed by atoms with Gasteiger partial charge in [-0.3, -0.25) is 9.78 Å². The average Bonchev–Trinajstić information content (AvgIpc) is 3.32. The van der Waals surface area contributed by atoms with E-state index in [-0.39, 0.29) is 11.8 Å². The van der Waals surface area contributed by atoms with Gasteiger partial charge in [0.25, 0.3) is 0 Å². The summed E-state index contributed by atoms with van der Waals surface area (Å²) in [5.41, 5.74) is 4.61. The number of benzene rings is 1. The number of hydrogen-bond acceptors (Lipinski definition) is 4. The van der Waals surface area contributed by atoms with E-state index in [1.165, 1.54) is 16.1 Å². The fourth-order valence-corrected chi connectivity index (χ4v) is 5.16. The molecule has 130 valence electrons. The number of rotatable bonds is 2. The highest BCUT2D eigenvalue weighted by Gasteiger charge is 2.33. The fourth-order valence-electron chi connectivity index (χ4n) is 3.99. The number of carbonyl (C=O) groups excluding carboxylic acids is 1. The Hall–Kier alpha value is -2.53. The summed E-state index contributed by atoms with van der Waals surface area (Å²) in [5, 5.41) is 1.02. The number of hydrogen-bond donors (Lipinski definition) is 0. The topological polar surface area (TPSA) is 46.1 Å². The summed E-state index contributed by atoms with van der Waals surface area (Å²) in [6.07, 6.45) is 7.18. The molecule has 2 aromatic heterocycles. The number of aryl methyl sites for hydroxylation is 1. The van der Waals surface area contributed by atoms with Crippen LogP contribution in [-0.4, -0.2) is 22.4 Å². The Kier molecular flexibility index (Phi) is 3.82. The van der Waals surface area contributed by atoms with Crippen LogP contribution >= 0.6 is 11.3 Å². The molecule has 0 saturated heterocycles. The third-order valence-electron chi connectivity index (χ3n) is 5.35. The van der Waals surface area contributed by atoms with Crippen LogP contribution < -0.4 is 4.90 Å². The van der Waals surface area contributed by atoms with Crippen LogP contribution in [0.1, 0.15) is 22.6 Å². The second-order valence-corrected chi connectivity index (χ2v) is 8.02.